The highest BCUT2D eigenvalue weighted by Crippen LogP contribution is 2.59. The molecule has 0 aliphatic heterocycles. The molecule has 24 rings (SSSR count). The van der Waals surface area contributed by atoms with Gasteiger partial charge < -0.3 is 10.2 Å². The smallest absolute Gasteiger partial charge is 0.180 e. The average Bonchev–Trinajstić information content (AvgIpc) is 1.51. The third kappa shape index (κ3) is 15.6. The maximum Gasteiger partial charge on any atom is 0.180 e. The largest absolute Gasteiger partial charge is 0.356 e. The first-order valence-corrected chi connectivity index (χ1v) is 51.3. The minimum absolute atomic E-state index is 0. The molecule has 22 aromatic rings. The maximum absolute atomic E-state index is 3.60. The number of fused-ring (bicyclic) bond motifs is 8. The van der Waals surface area contributed by atoms with Gasteiger partial charge in [0.25, 0.3) is 0 Å². The zero-order chi connectivity index (χ0) is 90.4. The first-order valence-electron chi connectivity index (χ1n) is 46.5. The lowest BCUT2D eigenvalue weighted by Gasteiger charge is -2.35. The summed E-state index contributed by atoms with van der Waals surface area (Å²) >= 11 is 3.56. The van der Waals surface area contributed by atoms with Crippen LogP contribution in [0.5, 0.6) is 0 Å². The van der Waals surface area contributed by atoms with Gasteiger partial charge in [-0.05, 0) is 225 Å². The van der Waals surface area contributed by atoms with Crippen LogP contribution in [0.2, 0.25) is 0 Å². The van der Waals surface area contributed by atoms with E-state index in [-0.39, 0.29) is 15.3 Å². The quantitative estimate of drug-likeness (QED) is 0.0641. The van der Waals surface area contributed by atoms with E-state index in [0.717, 1.165) is 32.9 Å². The van der Waals surface area contributed by atoms with E-state index >= 15 is 0 Å². The molecule has 0 heterocycles. The number of halogens is 1. The van der Waals surface area contributed by atoms with E-state index in [2.05, 4.69) is 590 Å². The van der Waals surface area contributed by atoms with E-state index in [1.807, 2.05) is 6.07 Å². The van der Waals surface area contributed by atoms with Gasteiger partial charge in [0.05, 0.1) is 10.8 Å². The zero-order valence-corrected chi connectivity index (χ0v) is 78.8. The molecule has 3 radical (unpaired) electrons. The molecule has 645 valence electrons. The lowest BCUT2D eigenvalue weighted by Crippen LogP contribution is -2.74. The Bertz CT molecular complexity index is 7730. The van der Waals surface area contributed by atoms with Gasteiger partial charge in [0.1, 0.15) is 0 Å². The van der Waals surface area contributed by atoms with Gasteiger partial charge in [-0.15, -0.1) is 0 Å². The minimum atomic E-state index is -2.78. The molecule has 0 bridgehead atoms. The molecule has 0 atom stereocenters. The summed E-state index contributed by atoms with van der Waals surface area (Å²) < 4.78 is 1.10. The second-order valence-electron chi connectivity index (χ2n) is 34.9. The van der Waals surface area contributed by atoms with Crippen LogP contribution in [0.25, 0.3) is 66.1 Å². The molecule has 0 fully saturated rings. The van der Waals surface area contributed by atoms with Crippen molar-refractivity contribution in [3.8, 4) is 44.5 Å². The molecule has 1 N–H and O–H groups in total. The van der Waals surface area contributed by atoms with Crippen molar-refractivity contribution < 1.29 is 1.43 Å². The predicted molar refractivity (Wildman–Crippen MR) is 587 cm³/mol. The van der Waals surface area contributed by atoms with Crippen molar-refractivity contribution in [3.63, 3.8) is 0 Å². The third-order valence-electron chi connectivity index (χ3n) is 27.7. The van der Waals surface area contributed by atoms with Crippen molar-refractivity contribution in [2.45, 2.75) is 10.8 Å². The molecule has 0 unspecified atom stereocenters. The van der Waals surface area contributed by atoms with Crippen LogP contribution >= 0.6 is 15.9 Å². The van der Waals surface area contributed by atoms with Crippen molar-refractivity contribution in [3.05, 3.63) is 619 Å². The van der Waals surface area contributed by atoms with Gasteiger partial charge in [0.15, 0.2) is 16.1 Å². The minimum Gasteiger partial charge on any atom is -0.356 e. The van der Waals surface area contributed by atoms with Gasteiger partial charge in [-0.2, -0.15) is 0 Å². The van der Waals surface area contributed by atoms with Crippen LogP contribution in [0.3, 0.4) is 0 Å². The second kappa shape index (κ2) is 38.3. The van der Waals surface area contributed by atoms with Gasteiger partial charge in [-0.1, -0.05) is 513 Å². The van der Waals surface area contributed by atoms with Crippen LogP contribution in [0.15, 0.2) is 575 Å². The van der Waals surface area contributed by atoms with Crippen LogP contribution in [0.1, 0.15) is 45.9 Å². The monoisotopic (exact) mass is 1830 g/mol. The topological polar surface area (TPSA) is 15.3 Å². The molecular formula is C130H97BBrN2Si2. The van der Waals surface area contributed by atoms with E-state index in [0.29, 0.717) is 0 Å². The maximum atomic E-state index is 3.60. The first-order chi connectivity index (χ1) is 66.9. The highest BCUT2D eigenvalue weighted by atomic mass is 79.9. The Hall–Kier alpha value is -16.1. The van der Waals surface area contributed by atoms with Crippen LogP contribution in [-0.4, -0.2) is 24.6 Å². The van der Waals surface area contributed by atoms with Crippen LogP contribution in [-0.2, 0) is 10.8 Å². The van der Waals surface area contributed by atoms with Gasteiger partial charge in [-0.25, -0.2) is 0 Å². The summed E-state index contributed by atoms with van der Waals surface area (Å²) in [5, 5.41) is 19.9. The number of nitrogens with one attached hydrogen (secondary N) is 1. The number of hydrogen-bond acceptors (Lipinski definition) is 2. The van der Waals surface area contributed by atoms with Crippen molar-refractivity contribution >= 4 is 132 Å². The molecule has 6 heteroatoms. The summed E-state index contributed by atoms with van der Waals surface area (Å²) in [6.07, 6.45) is 0. The van der Waals surface area contributed by atoms with E-state index < -0.39 is 21.6 Å². The van der Waals surface area contributed by atoms with Crippen molar-refractivity contribution in [2.24, 2.45) is 0 Å². The van der Waals surface area contributed by atoms with Crippen molar-refractivity contribution in [1.82, 2.24) is 0 Å². The van der Waals surface area contributed by atoms with Crippen molar-refractivity contribution in [1.29, 1.82) is 0 Å². The molecule has 0 saturated heterocycles. The Kier molecular flexibility index (Phi) is 24.4. The Morgan fingerprint density at radius 2 is 0.485 bits per heavy atom. The summed E-state index contributed by atoms with van der Waals surface area (Å²) in [5.74, 6) is 0. The molecule has 22 aromatic carbocycles. The van der Waals surface area contributed by atoms with E-state index in [1.54, 1.807) is 0 Å². The summed E-state index contributed by atoms with van der Waals surface area (Å²) in [5.41, 5.74) is 25.0. The molecule has 2 nitrogen and oxygen atoms in total. The van der Waals surface area contributed by atoms with Crippen LogP contribution in [0.4, 0.5) is 28.4 Å². The molecule has 0 aromatic heterocycles. The molecular weight excluding hydrogens is 1740 g/mol. The normalized spacial score (nSPS) is 12.4. The molecule has 0 saturated carbocycles. The fourth-order valence-corrected chi connectivity index (χ4v) is 32.1. The summed E-state index contributed by atoms with van der Waals surface area (Å²) in [6.45, 7) is 0. The van der Waals surface area contributed by atoms with Gasteiger partial charge in [0.2, 0.25) is 0 Å². The summed E-state index contributed by atoms with van der Waals surface area (Å²) in [6, 6.07) is 209. The Morgan fingerprint density at radius 3 is 0.882 bits per heavy atom. The van der Waals surface area contributed by atoms with Gasteiger partial charge in [-0.3, -0.25) is 0 Å². The number of hydrogen-bond donors (Lipinski definition) is 1. The lowest BCUT2D eigenvalue weighted by atomic mass is 9.67. The fraction of sp³-hybridized carbons (Fsp3) is 0.0154. The first kappa shape index (κ1) is 86.6. The second-order valence-corrected chi connectivity index (χ2v) is 43.4. The molecule has 136 heavy (non-hydrogen) atoms. The molecule has 2 aliphatic rings. The number of rotatable bonds is 19. The molecule has 2 aliphatic carbocycles. The van der Waals surface area contributed by atoms with Gasteiger partial charge in [0, 0.05) is 42.7 Å². The Labute approximate surface area is 811 Å². The third-order valence-corrected chi connectivity index (χ3v) is 37.9. The Morgan fingerprint density at radius 1 is 0.206 bits per heavy atom. The average molecular weight is 1830 g/mol. The Balaban J connectivity index is 0.000000139. The SMILES string of the molecule is Brc1ccc(-c2ccc([Si](c3ccccc3)(c3ccccc3)c3cccc4ccccc34)cc2)cc1.[B].[HH].c1ccc(N(c2ccc(-c3ccc([Si](c4ccccc4)(c4ccccc4)c4cccc5ccccc45)cc3)cc2)c2ccc3c(c2)C(c2ccccc2)(c2ccccc2)c2ccccc2-3)cc1.c1ccc(Nc2ccc3c(c2)C(c2ccccc2)(c2ccccc2)c2ccccc2-3)cc1. The van der Waals surface area contributed by atoms with Gasteiger partial charge >= 0.3 is 0 Å². The number of benzene rings is 22. The number of nitrogens with zero attached hydrogens (tertiary/aromatic N) is 1. The van der Waals surface area contributed by atoms with Crippen LogP contribution in [0, 0.1) is 0 Å². The highest BCUT2D eigenvalue weighted by Gasteiger charge is 2.49. The molecule has 0 spiro atoms. The number of para-hydroxylation sites is 2. The molecule has 0 amide bonds. The highest BCUT2D eigenvalue weighted by molar-refractivity contribution is 9.10. The fourth-order valence-electron chi connectivity index (χ4n) is 21.9. The van der Waals surface area contributed by atoms with E-state index in [9.17, 15) is 0 Å². The predicted octanol–water partition coefficient (Wildman–Crippen LogP) is 28.0. The zero-order valence-electron chi connectivity index (χ0n) is 75.2. The summed E-state index contributed by atoms with van der Waals surface area (Å²) in [4.78, 5) is 2.40. The van der Waals surface area contributed by atoms with E-state index in [4.69, 9.17) is 0 Å². The van der Waals surface area contributed by atoms with Crippen LogP contribution < -0.4 is 51.7 Å². The standard InChI is InChI=1S/C65H47NSi.C34H25BrSi.C31H23N.B.H2/c1-6-23-51(24-7-1)65(52-25-8-2-9-26-52)62-35-19-18-34-60(62)61-46-43-55(47-63(61)65)66(53-27-10-3-11-28-53)54-41-37-48(38-42-54)49-39-44-58(45-40-49)67(56-29-12-4-13-30-56,57-31-14-5-15-32-57)64-36-20-22-50-21-16-17-33-59(50)64;35-29-22-18-26(19-23-29)27-20-24-32(25-21-27)36(30-12-3-1-4-13-30,31-14-5-2-6-15-31)34-17-9-11-28-10-7-8-16-33(28)34;1-4-12-23(13-5-1)31(24-14-6-2-7-15-24)29-19-11-10-18-27(29)28-21-20-26(22-30(28)31)32-25-16-8-3-9-17-25;;/h1-47H;1-25H;1-22,32H;;1H. The lowest BCUT2D eigenvalue weighted by molar-refractivity contribution is 0.768. The van der Waals surface area contributed by atoms with E-state index in [1.165, 1.54) is 152 Å². The van der Waals surface area contributed by atoms with Crippen molar-refractivity contribution in [2.75, 3.05) is 10.2 Å². The number of anilines is 5. The summed E-state index contributed by atoms with van der Waals surface area (Å²) in [7, 11) is -5.38.